The lowest BCUT2D eigenvalue weighted by Crippen LogP contribution is -2.49. The van der Waals surface area contributed by atoms with Crippen LogP contribution in [0.1, 0.15) is 75.2 Å². The summed E-state index contributed by atoms with van der Waals surface area (Å²) in [6, 6.07) is 21.6. The van der Waals surface area contributed by atoms with Crippen molar-refractivity contribution < 1.29 is 42.1 Å². The van der Waals surface area contributed by atoms with Crippen molar-refractivity contribution >= 4 is 55.0 Å². The van der Waals surface area contributed by atoms with E-state index in [1.807, 2.05) is 38.1 Å². The molecule has 4 fully saturated rings. The van der Waals surface area contributed by atoms with Crippen molar-refractivity contribution in [2.24, 2.45) is 5.92 Å². The first kappa shape index (κ1) is 53.4. The average Bonchev–Trinajstić information content (AvgIpc) is 4.51. The van der Waals surface area contributed by atoms with E-state index in [4.69, 9.17) is 34.9 Å². The third kappa shape index (κ3) is 10.2. The van der Waals surface area contributed by atoms with Crippen molar-refractivity contribution in [2.75, 3.05) is 43.5 Å². The summed E-state index contributed by atoms with van der Waals surface area (Å²) in [5, 5.41) is 37.7. The Hall–Kier alpha value is -8.23. The first-order chi connectivity index (χ1) is 39.2. The molecule has 4 aromatic carbocycles. The largest absolute Gasteiger partial charge is 0.484 e. The number of thiophene rings is 1. The number of aliphatic hydroxyl groups excluding tert-OH is 1. The molecule has 4 aliphatic heterocycles. The summed E-state index contributed by atoms with van der Waals surface area (Å²) in [5.41, 5.74) is 10.9. The summed E-state index contributed by atoms with van der Waals surface area (Å²) < 4.78 is 64.7. The van der Waals surface area contributed by atoms with Crippen molar-refractivity contribution in [3.8, 4) is 51.5 Å². The predicted octanol–water partition coefficient (Wildman–Crippen LogP) is 8.43. The highest BCUT2D eigenvalue weighted by Gasteiger charge is 2.44. The number of carbonyl (C=O) groups excluding carboxylic acids is 2. The predicted molar refractivity (Wildman–Crippen MR) is 297 cm³/mol. The van der Waals surface area contributed by atoms with Crippen LogP contribution < -0.4 is 30.7 Å². The molecule has 0 spiro atoms. The zero-order valence-corrected chi connectivity index (χ0v) is 45.3. The molecule has 2 amide bonds. The van der Waals surface area contributed by atoms with Gasteiger partial charge in [0, 0.05) is 79.3 Å². The van der Waals surface area contributed by atoms with E-state index in [9.17, 15) is 28.7 Å². The maximum absolute atomic E-state index is 15.5. The number of amides is 2. The van der Waals surface area contributed by atoms with Gasteiger partial charge < -0.3 is 45.5 Å². The van der Waals surface area contributed by atoms with E-state index >= 15 is 4.39 Å². The van der Waals surface area contributed by atoms with Gasteiger partial charge in [-0.2, -0.15) is 15.2 Å². The minimum Gasteiger partial charge on any atom is -0.484 e. The Morgan fingerprint density at radius 1 is 0.963 bits per heavy atom. The Bertz CT molecular complexity index is 3760. The fraction of sp³-hybridized carbons (Fsp3) is 0.356. The number of piperazine rings is 1. The van der Waals surface area contributed by atoms with E-state index in [-0.39, 0.29) is 70.2 Å². The summed E-state index contributed by atoms with van der Waals surface area (Å²) in [7, 11) is 0. The Morgan fingerprint density at radius 3 is 2.47 bits per heavy atom. The van der Waals surface area contributed by atoms with Gasteiger partial charge in [0.05, 0.1) is 47.2 Å². The fourth-order valence-corrected chi connectivity index (χ4v) is 12.6. The van der Waals surface area contributed by atoms with E-state index < -0.39 is 53.5 Å². The number of rotatable bonds is 15. The fourth-order valence-electron chi connectivity index (χ4n) is 11.6. The number of pyridine rings is 1. The van der Waals surface area contributed by atoms with Gasteiger partial charge >= 0.3 is 6.01 Å². The SMILES string of the molecule is CC(C)[C@@H](C(=O)N1C[C@H](O)C[C@H]1C(=O)N[C@@H](C)c1ccc(-c2cccc(F)c2F)cc1)n1cc(-c2ccc(COc3c(-c4ccc(F)c5sc(N)c(C#N)c45)ncc4c(N5C[C@@H]6C[C@H]5CN6)nc(OC5CCOCC5)nc34)cc2)nn1. The molecule has 4 aromatic heterocycles. The monoisotopic (exact) mass is 1120 g/mol. The number of likely N-dealkylation sites (tertiary alicyclic amines) is 1. The first-order valence-electron chi connectivity index (χ1n) is 27.0. The van der Waals surface area contributed by atoms with Crippen LogP contribution in [0.4, 0.5) is 24.0 Å². The van der Waals surface area contributed by atoms with Gasteiger partial charge in [-0.15, -0.1) is 16.4 Å². The number of fused-ring (bicyclic) bond motifs is 4. The van der Waals surface area contributed by atoms with Gasteiger partial charge in [-0.3, -0.25) is 14.6 Å². The summed E-state index contributed by atoms with van der Waals surface area (Å²) in [6.45, 7) is 8.12. The summed E-state index contributed by atoms with van der Waals surface area (Å²) in [5.74, 6) is -2.63. The number of nitrogen functional groups attached to an aromatic ring is 1. The number of nitrogens with zero attached hydrogens (tertiary/aromatic N) is 9. The van der Waals surface area contributed by atoms with E-state index in [0.29, 0.717) is 87.8 Å². The number of aromatic nitrogens is 6. The summed E-state index contributed by atoms with van der Waals surface area (Å²) >= 11 is 0.995. The molecule has 2 bridgehead atoms. The van der Waals surface area contributed by atoms with Crippen molar-refractivity contribution in [3.63, 3.8) is 0 Å². The Morgan fingerprint density at radius 2 is 1.74 bits per heavy atom. The number of β-amino-alcohol motifs (C(OH)–C–C–N with tert-alkyl or cyclic N) is 1. The summed E-state index contributed by atoms with van der Waals surface area (Å²) in [6.07, 6.45) is 4.61. The standard InChI is InChI=1S/C59H57F3N12O6S/c1-30(2)52(58(77)73-27-38(75)22-47(73)57(76)67-31(3)33-11-13-34(14-12-33)40-5-4-6-44(60)49(40)62)74-28-46(70-71-74)35-9-7-32(8-10-35)29-79-53-50(41-15-16-45(61)54-48(41)42(23-63)55(64)81-54)66-25-43-51(53)68-59(80-39-17-19-78-20-18-39)69-56(43)72-26-36-21-37(72)24-65-36/h4-16,25,28,30-31,36-39,47,52,65,75H,17-22,24,26-27,29,64H2,1-3H3,(H,67,76)/t31-,36-,37-,38+,47-,52-/m0/s1. The maximum atomic E-state index is 15.5. The summed E-state index contributed by atoms with van der Waals surface area (Å²) in [4.78, 5) is 47.2. The van der Waals surface area contributed by atoms with Gasteiger partial charge in [0.25, 0.3) is 0 Å². The number of halogens is 3. The number of nitrogens with two attached hydrogens (primary N) is 1. The minimum atomic E-state index is -0.976. The molecule has 8 heterocycles. The highest BCUT2D eigenvalue weighted by molar-refractivity contribution is 7.23. The number of ether oxygens (including phenoxy) is 3. The van der Waals surface area contributed by atoms with Crippen LogP contribution in [0.3, 0.4) is 0 Å². The van der Waals surface area contributed by atoms with E-state index in [1.165, 1.54) is 27.8 Å². The molecule has 18 nitrogen and oxygen atoms in total. The van der Waals surface area contributed by atoms with E-state index in [1.54, 1.807) is 49.6 Å². The molecule has 4 saturated heterocycles. The molecule has 0 aliphatic carbocycles. The Kier molecular flexibility index (Phi) is 14.5. The second-order valence-corrected chi connectivity index (χ2v) is 22.5. The lowest BCUT2D eigenvalue weighted by atomic mass is 10.0. The van der Waals surface area contributed by atoms with Crippen molar-refractivity contribution in [1.82, 2.24) is 45.5 Å². The lowest BCUT2D eigenvalue weighted by molar-refractivity contribution is -0.142. The van der Waals surface area contributed by atoms with Gasteiger partial charge in [0.15, 0.2) is 17.4 Å². The van der Waals surface area contributed by atoms with Crippen LogP contribution in [-0.4, -0.2) is 115 Å². The average molecular weight is 1120 g/mol. The molecule has 4 aliphatic rings. The van der Waals surface area contributed by atoms with Gasteiger partial charge in [-0.1, -0.05) is 79.7 Å². The smallest absolute Gasteiger partial charge is 0.319 e. The molecule has 416 valence electrons. The zero-order chi connectivity index (χ0) is 56.2. The molecule has 22 heteroatoms. The quantitative estimate of drug-likeness (QED) is 0.0755. The van der Waals surface area contributed by atoms with Crippen LogP contribution in [0.5, 0.6) is 11.8 Å². The normalized spacial score (nSPS) is 19.8. The van der Waals surface area contributed by atoms with E-state index in [2.05, 4.69) is 31.9 Å². The topological polar surface area (TPSA) is 232 Å². The zero-order valence-electron chi connectivity index (χ0n) is 44.5. The molecule has 81 heavy (non-hydrogen) atoms. The maximum Gasteiger partial charge on any atom is 0.319 e. The van der Waals surface area contributed by atoms with Crippen LogP contribution in [0, 0.1) is 34.7 Å². The van der Waals surface area contributed by atoms with Crippen molar-refractivity contribution in [3.05, 3.63) is 125 Å². The number of hydrogen-bond donors (Lipinski definition) is 4. The number of hydrogen-bond acceptors (Lipinski definition) is 16. The second-order valence-electron chi connectivity index (χ2n) is 21.5. The minimum absolute atomic E-state index is 0.0268. The van der Waals surface area contributed by atoms with Gasteiger partial charge in [0.2, 0.25) is 11.8 Å². The number of anilines is 2. The Labute approximate surface area is 467 Å². The van der Waals surface area contributed by atoms with Gasteiger partial charge in [-0.25, -0.2) is 17.9 Å². The molecule has 12 rings (SSSR count). The molecule has 0 saturated carbocycles. The molecule has 6 atom stereocenters. The highest BCUT2D eigenvalue weighted by atomic mass is 32.1. The molecular formula is C59H57F3N12O6S. The van der Waals surface area contributed by atoms with Crippen LogP contribution in [0.15, 0.2) is 91.3 Å². The van der Waals surface area contributed by atoms with Crippen molar-refractivity contribution in [1.29, 1.82) is 5.26 Å². The third-order valence-corrected chi connectivity index (χ3v) is 16.8. The molecule has 5 N–H and O–H groups in total. The van der Waals surface area contributed by atoms with Gasteiger partial charge in [-0.05, 0) is 54.2 Å². The van der Waals surface area contributed by atoms with E-state index in [0.717, 1.165) is 42.5 Å². The number of benzene rings is 4. The van der Waals surface area contributed by atoms with Crippen LogP contribution in [0.2, 0.25) is 0 Å². The van der Waals surface area contributed by atoms with Gasteiger partial charge in [0.1, 0.15) is 64.4 Å². The molecule has 0 unspecified atom stereocenters. The number of carbonyl (C=O) groups is 2. The van der Waals surface area contributed by atoms with Crippen LogP contribution in [0.25, 0.3) is 54.6 Å². The van der Waals surface area contributed by atoms with Crippen molar-refractivity contribution in [2.45, 2.75) is 95.5 Å². The molecular weight excluding hydrogens is 1060 g/mol. The first-order valence-corrected chi connectivity index (χ1v) is 27.9. The Balaban J connectivity index is 0.803. The number of nitriles is 1. The van der Waals surface area contributed by atoms with Crippen LogP contribution in [-0.2, 0) is 20.9 Å². The highest BCUT2D eigenvalue weighted by Crippen LogP contribution is 2.46. The molecule has 8 aromatic rings. The van der Waals surface area contributed by atoms with Crippen LogP contribution >= 0.6 is 11.3 Å². The number of nitrogens with one attached hydrogen (secondary N) is 2. The lowest BCUT2D eigenvalue weighted by Gasteiger charge is -2.30. The number of aliphatic hydroxyl groups is 1. The second kappa shape index (κ2) is 22.0. The molecule has 0 radical (unpaired) electrons. The third-order valence-electron chi connectivity index (χ3n) is 15.8.